The van der Waals surface area contributed by atoms with Crippen molar-refractivity contribution in [1.29, 1.82) is 0 Å². The summed E-state index contributed by atoms with van der Waals surface area (Å²) in [4.78, 5) is 12.6. The molecule has 159 valence electrons. The number of hydrogen-bond acceptors (Lipinski definition) is 2. The maximum absolute atomic E-state index is 13.3. The number of ether oxygens (including phenoxy) is 1. The van der Waals surface area contributed by atoms with Crippen LogP contribution in [0.2, 0.25) is 0 Å². The smallest absolute Gasteiger partial charge is 0.417 e. The zero-order valence-corrected chi connectivity index (χ0v) is 17.7. The standard InChI is InChI=1S/C20H19F6O2P.Li/c1-3-4-10-28-13-8-9-16(12(2)11-13)29-18(27)17-14(19(21,22)23)6-5-7-15(17)20(24,25)26;/h5-9,11,29H,3-4,10H2,1-2H3;. The van der Waals surface area contributed by atoms with Gasteiger partial charge in [0.15, 0.2) is 5.52 Å². The summed E-state index contributed by atoms with van der Waals surface area (Å²) in [6.07, 6.45) is -8.38. The van der Waals surface area contributed by atoms with E-state index in [1.807, 2.05) is 6.92 Å². The fourth-order valence-corrected chi connectivity index (χ4v) is 3.73. The van der Waals surface area contributed by atoms with Crippen LogP contribution < -0.4 is 10.0 Å². The summed E-state index contributed by atoms with van der Waals surface area (Å²) in [6, 6.07) is 6.30. The number of unbranched alkanes of at least 4 members (excludes halogenated alkanes) is 1. The molecule has 2 rings (SSSR count). The molecule has 0 saturated heterocycles. The van der Waals surface area contributed by atoms with E-state index in [1.54, 1.807) is 19.1 Å². The van der Waals surface area contributed by atoms with Crippen LogP contribution in [0.25, 0.3) is 0 Å². The third-order valence-corrected chi connectivity index (χ3v) is 5.42. The Bertz CT molecular complexity index is 848. The molecule has 0 spiro atoms. The summed E-state index contributed by atoms with van der Waals surface area (Å²) in [6.45, 7) is 4.12. The molecule has 0 aliphatic heterocycles. The van der Waals surface area contributed by atoms with E-state index in [4.69, 9.17) is 4.74 Å². The van der Waals surface area contributed by atoms with Crippen LogP contribution in [0.3, 0.4) is 0 Å². The van der Waals surface area contributed by atoms with Gasteiger partial charge in [-0.3, -0.25) is 4.79 Å². The third kappa shape index (κ3) is 6.77. The Morgan fingerprint density at radius 3 is 2.03 bits per heavy atom. The normalized spacial score (nSPS) is 12.1. The average molecular weight is 443 g/mol. The molecule has 0 bridgehead atoms. The molecule has 2 nitrogen and oxygen atoms in total. The molecule has 0 aliphatic rings. The second kappa shape index (κ2) is 10.7. The Kier molecular flexibility index (Phi) is 9.47. The van der Waals surface area contributed by atoms with Crippen molar-refractivity contribution < 1.29 is 35.9 Å². The minimum Gasteiger partial charge on any atom is -0.494 e. The van der Waals surface area contributed by atoms with Crippen molar-refractivity contribution in [1.82, 2.24) is 0 Å². The number of alkyl halides is 6. The molecule has 30 heavy (non-hydrogen) atoms. The Labute approximate surface area is 184 Å². The van der Waals surface area contributed by atoms with Crippen molar-refractivity contribution in [2.75, 3.05) is 6.61 Å². The molecular formula is C20H19F6LiO2P. The van der Waals surface area contributed by atoms with Crippen LogP contribution in [-0.2, 0) is 12.4 Å². The fourth-order valence-electron chi connectivity index (χ4n) is 2.65. The number of rotatable bonds is 7. The van der Waals surface area contributed by atoms with Gasteiger partial charge >= 0.3 is 12.4 Å². The fraction of sp³-hybridized carbons (Fsp3) is 0.350. The SMILES string of the molecule is CCCCOc1ccc(PC(=O)c2c(C(F)(F)F)cccc2C(F)(F)F)c(C)c1.[Li]. The first-order valence-electron chi connectivity index (χ1n) is 8.77. The van der Waals surface area contributed by atoms with Gasteiger partial charge in [0.25, 0.3) is 0 Å². The van der Waals surface area contributed by atoms with Gasteiger partial charge in [-0.25, -0.2) is 0 Å². The van der Waals surface area contributed by atoms with Gasteiger partial charge in [0, 0.05) is 24.4 Å². The van der Waals surface area contributed by atoms with Crippen molar-refractivity contribution in [3.63, 3.8) is 0 Å². The maximum Gasteiger partial charge on any atom is 0.417 e. The van der Waals surface area contributed by atoms with Crippen molar-refractivity contribution in [3.05, 3.63) is 58.7 Å². The van der Waals surface area contributed by atoms with Crippen molar-refractivity contribution >= 4 is 38.3 Å². The second-order valence-corrected chi connectivity index (χ2v) is 7.60. The van der Waals surface area contributed by atoms with Crippen LogP contribution in [0, 0.1) is 6.92 Å². The van der Waals surface area contributed by atoms with Crippen LogP contribution in [-0.4, -0.2) is 31.0 Å². The van der Waals surface area contributed by atoms with Crippen LogP contribution in [0.5, 0.6) is 5.75 Å². The molecule has 0 N–H and O–H groups in total. The molecule has 0 heterocycles. The molecule has 10 heteroatoms. The quantitative estimate of drug-likeness (QED) is 0.228. The van der Waals surface area contributed by atoms with E-state index in [2.05, 4.69) is 0 Å². The van der Waals surface area contributed by atoms with Crippen LogP contribution in [0.1, 0.15) is 46.8 Å². The predicted molar refractivity (Wildman–Crippen MR) is 106 cm³/mol. The van der Waals surface area contributed by atoms with Gasteiger partial charge in [0.2, 0.25) is 0 Å². The Morgan fingerprint density at radius 1 is 1.00 bits per heavy atom. The molecule has 0 aliphatic carbocycles. The van der Waals surface area contributed by atoms with E-state index in [9.17, 15) is 31.1 Å². The number of hydrogen-bond donors (Lipinski definition) is 0. The first-order chi connectivity index (χ1) is 13.4. The molecule has 0 fully saturated rings. The third-order valence-electron chi connectivity index (χ3n) is 4.12. The van der Waals surface area contributed by atoms with Crippen LogP contribution >= 0.6 is 8.58 Å². The topological polar surface area (TPSA) is 26.3 Å². The van der Waals surface area contributed by atoms with E-state index in [0.717, 1.165) is 12.8 Å². The Morgan fingerprint density at radius 2 is 1.57 bits per heavy atom. The van der Waals surface area contributed by atoms with Gasteiger partial charge in [-0.1, -0.05) is 25.5 Å². The molecular weight excluding hydrogens is 424 g/mol. The van der Waals surface area contributed by atoms with Crippen LogP contribution in [0.4, 0.5) is 26.3 Å². The number of benzene rings is 2. The molecule has 2 aromatic carbocycles. The summed E-state index contributed by atoms with van der Waals surface area (Å²) < 4.78 is 85.1. The molecule has 1 atom stereocenters. The summed E-state index contributed by atoms with van der Waals surface area (Å²) in [5, 5.41) is 0.364. The van der Waals surface area contributed by atoms with Crippen LogP contribution in [0.15, 0.2) is 36.4 Å². The van der Waals surface area contributed by atoms with Crippen molar-refractivity contribution in [2.45, 2.75) is 39.0 Å². The van der Waals surface area contributed by atoms with E-state index >= 15 is 0 Å². The Balaban J connectivity index is 0.00000450. The minimum absolute atomic E-state index is 0. The summed E-state index contributed by atoms with van der Waals surface area (Å²) in [7, 11) is -0.890. The minimum atomic E-state index is -5.08. The predicted octanol–water partition coefficient (Wildman–Crippen LogP) is 5.97. The Hall–Kier alpha value is -1.48. The molecule has 2 aromatic rings. The monoisotopic (exact) mass is 443 g/mol. The van der Waals surface area contributed by atoms with Gasteiger partial charge in [-0.05, 0) is 57.1 Å². The number of aryl methyl sites for hydroxylation is 1. The van der Waals surface area contributed by atoms with Crippen molar-refractivity contribution in [3.8, 4) is 5.75 Å². The number of carbonyl (C=O) groups excluding carboxylic acids is 1. The first kappa shape index (κ1) is 26.6. The van der Waals surface area contributed by atoms with Gasteiger partial charge in [0.1, 0.15) is 5.75 Å². The molecule has 0 amide bonds. The summed E-state index contributed by atoms with van der Waals surface area (Å²) >= 11 is 0. The molecule has 1 unspecified atom stereocenters. The van der Waals surface area contributed by atoms with Gasteiger partial charge in [-0.2, -0.15) is 26.3 Å². The van der Waals surface area contributed by atoms with E-state index in [0.29, 0.717) is 41.4 Å². The van der Waals surface area contributed by atoms with E-state index < -0.39 is 43.1 Å². The van der Waals surface area contributed by atoms with Crippen molar-refractivity contribution in [2.24, 2.45) is 0 Å². The second-order valence-electron chi connectivity index (χ2n) is 6.36. The summed E-state index contributed by atoms with van der Waals surface area (Å²) in [5.74, 6) is 0.531. The van der Waals surface area contributed by atoms with E-state index in [1.165, 1.54) is 6.07 Å². The van der Waals surface area contributed by atoms with Gasteiger partial charge in [0.05, 0.1) is 17.7 Å². The number of halogens is 6. The zero-order valence-electron chi connectivity index (χ0n) is 16.7. The van der Waals surface area contributed by atoms with Gasteiger partial charge < -0.3 is 4.74 Å². The maximum atomic E-state index is 13.3. The first-order valence-corrected chi connectivity index (χ1v) is 9.77. The molecule has 0 aromatic heterocycles. The largest absolute Gasteiger partial charge is 0.494 e. The zero-order chi connectivity index (χ0) is 21.8. The van der Waals surface area contributed by atoms with Gasteiger partial charge in [-0.15, -0.1) is 0 Å². The average Bonchev–Trinajstić information content (AvgIpc) is 2.62. The number of carbonyl (C=O) groups is 1. The summed E-state index contributed by atoms with van der Waals surface area (Å²) in [5.41, 5.74) is -5.16. The molecule has 0 saturated carbocycles. The molecule has 1 radical (unpaired) electrons. The van der Waals surface area contributed by atoms with E-state index in [-0.39, 0.29) is 18.9 Å².